The molecule has 2 saturated heterocycles. The minimum absolute atomic E-state index is 0.0598. The zero-order valence-corrected chi connectivity index (χ0v) is 13.5. The zero-order valence-electron chi connectivity index (χ0n) is 12.7. The van der Waals surface area contributed by atoms with Gasteiger partial charge in [0.1, 0.15) is 0 Å². The number of nitrogens with zero attached hydrogens (tertiary/aromatic N) is 3. The van der Waals surface area contributed by atoms with Crippen molar-refractivity contribution in [2.75, 3.05) is 26.2 Å². The van der Waals surface area contributed by atoms with E-state index in [9.17, 15) is 4.79 Å². The third-order valence-corrected chi connectivity index (χ3v) is 5.25. The molecule has 1 atom stereocenters. The maximum absolute atomic E-state index is 12.3. The Morgan fingerprint density at radius 1 is 1.38 bits per heavy atom. The molecular formula is C15H24N4OS. The van der Waals surface area contributed by atoms with Gasteiger partial charge in [-0.3, -0.25) is 4.90 Å². The number of rotatable bonds is 3. The quantitative estimate of drug-likeness (QED) is 0.931. The summed E-state index contributed by atoms with van der Waals surface area (Å²) >= 11 is 1.63. The van der Waals surface area contributed by atoms with Gasteiger partial charge >= 0.3 is 6.03 Å². The number of urea groups is 1. The summed E-state index contributed by atoms with van der Waals surface area (Å²) in [6.45, 7) is 6.69. The van der Waals surface area contributed by atoms with E-state index in [0.29, 0.717) is 12.6 Å². The molecule has 2 aliphatic heterocycles. The number of thiazole rings is 1. The highest BCUT2D eigenvalue weighted by Crippen LogP contribution is 2.20. The molecule has 0 bridgehead atoms. The van der Waals surface area contributed by atoms with E-state index in [1.165, 1.54) is 32.4 Å². The van der Waals surface area contributed by atoms with Crippen LogP contribution in [0.1, 0.15) is 36.4 Å². The fourth-order valence-corrected chi connectivity index (χ4v) is 3.92. The number of nitrogens with one attached hydrogen (secondary N) is 1. The number of hydrogen-bond donors (Lipinski definition) is 1. The van der Waals surface area contributed by atoms with Gasteiger partial charge in [-0.25, -0.2) is 9.78 Å². The van der Waals surface area contributed by atoms with Crippen LogP contribution in [0.15, 0.2) is 5.38 Å². The number of aromatic nitrogens is 1. The van der Waals surface area contributed by atoms with Crippen molar-refractivity contribution in [3.8, 4) is 0 Å². The molecular weight excluding hydrogens is 284 g/mol. The number of likely N-dealkylation sites (tertiary alicyclic amines) is 2. The number of carbonyl (C=O) groups is 1. The molecule has 1 N–H and O–H groups in total. The molecule has 1 aromatic heterocycles. The Bertz CT molecular complexity index is 484. The van der Waals surface area contributed by atoms with Gasteiger partial charge in [-0.15, -0.1) is 11.3 Å². The van der Waals surface area contributed by atoms with Gasteiger partial charge in [-0.1, -0.05) is 0 Å². The Labute approximate surface area is 130 Å². The Kier molecular flexibility index (Phi) is 4.75. The molecule has 0 radical (unpaired) electrons. The van der Waals surface area contributed by atoms with E-state index < -0.39 is 0 Å². The first-order valence-electron chi connectivity index (χ1n) is 7.90. The summed E-state index contributed by atoms with van der Waals surface area (Å²) < 4.78 is 0. The van der Waals surface area contributed by atoms with Gasteiger partial charge in [0, 0.05) is 24.5 Å². The maximum Gasteiger partial charge on any atom is 0.317 e. The molecule has 0 saturated carbocycles. The molecule has 1 unspecified atom stereocenters. The predicted octanol–water partition coefficient (Wildman–Crippen LogP) is 2.22. The lowest BCUT2D eigenvalue weighted by Gasteiger charge is -2.37. The molecule has 3 rings (SSSR count). The second kappa shape index (κ2) is 6.75. The lowest BCUT2D eigenvalue weighted by Crippen LogP contribution is -2.51. The van der Waals surface area contributed by atoms with E-state index in [1.54, 1.807) is 11.3 Å². The second-order valence-electron chi connectivity index (χ2n) is 6.00. The molecule has 0 spiro atoms. The monoisotopic (exact) mass is 308 g/mol. The van der Waals surface area contributed by atoms with Crippen molar-refractivity contribution in [2.45, 2.75) is 45.2 Å². The van der Waals surface area contributed by atoms with Crippen LogP contribution in [0.25, 0.3) is 0 Å². The van der Waals surface area contributed by atoms with Crippen LogP contribution in [-0.2, 0) is 6.54 Å². The Morgan fingerprint density at radius 2 is 2.19 bits per heavy atom. The maximum atomic E-state index is 12.3. The molecule has 0 aromatic carbocycles. The third kappa shape index (κ3) is 3.74. The van der Waals surface area contributed by atoms with Crippen LogP contribution < -0.4 is 5.32 Å². The summed E-state index contributed by atoms with van der Waals surface area (Å²) in [5.41, 5.74) is 0.957. The fraction of sp³-hybridized carbons (Fsp3) is 0.733. The fourth-order valence-electron chi connectivity index (χ4n) is 3.31. The van der Waals surface area contributed by atoms with Gasteiger partial charge in [-0.05, 0) is 45.7 Å². The van der Waals surface area contributed by atoms with E-state index >= 15 is 0 Å². The minimum atomic E-state index is 0.0598. The summed E-state index contributed by atoms with van der Waals surface area (Å²) in [5, 5.41) is 6.07. The molecule has 116 valence electrons. The molecule has 2 amide bonds. The highest BCUT2D eigenvalue weighted by Gasteiger charge is 2.29. The number of carbonyl (C=O) groups excluding carboxylic acids is 1. The largest absolute Gasteiger partial charge is 0.332 e. The van der Waals surface area contributed by atoms with Gasteiger partial charge in [0.15, 0.2) is 0 Å². The Morgan fingerprint density at radius 3 is 2.90 bits per heavy atom. The van der Waals surface area contributed by atoms with E-state index in [1.807, 2.05) is 17.2 Å². The summed E-state index contributed by atoms with van der Waals surface area (Å²) in [5.74, 6) is 0. The average Bonchev–Trinajstić information content (AvgIpc) is 3.16. The second-order valence-corrected chi connectivity index (χ2v) is 7.06. The van der Waals surface area contributed by atoms with Crippen molar-refractivity contribution < 1.29 is 4.79 Å². The SMILES string of the molecule is Cc1nc(CNC(=O)N2CCCC(N3CCCC3)C2)cs1. The molecule has 6 heteroatoms. The van der Waals surface area contributed by atoms with Crippen molar-refractivity contribution >= 4 is 17.4 Å². The summed E-state index contributed by atoms with van der Waals surface area (Å²) in [6, 6.07) is 0.623. The van der Waals surface area contributed by atoms with Crippen LogP contribution in [0.4, 0.5) is 4.79 Å². The van der Waals surface area contributed by atoms with Crippen molar-refractivity contribution in [3.05, 3.63) is 16.1 Å². The molecule has 2 fully saturated rings. The topological polar surface area (TPSA) is 48.5 Å². The van der Waals surface area contributed by atoms with Crippen LogP contribution in [0, 0.1) is 6.92 Å². The van der Waals surface area contributed by atoms with Crippen LogP contribution in [0.5, 0.6) is 0 Å². The predicted molar refractivity (Wildman–Crippen MR) is 84.5 cm³/mol. The molecule has 0 aliphatic carbocycles. The summed E-state index contributed by atoms with van der Waals surface area (Å²) in [6.07, 6.45) is 4.97. The Hall–Kier alpha value is -1.14. The molecule has 2 aliphatic rings. The van der Waals surface area contributed by atoms with Crippen LogP contribution >= 0.6 is 11.3 Å². The van der Waals surface area contributed by atoms with Gasteiger partial charge < -0.3 is 10.2 Å². The van der Waals surface area contributed by atoms with Gasteiger partial charge in [-0.2, -0.15) is 0 Å². The van der Waals surface area contributed by atoms with Crippen LogP contribution in [0.3, 0.4) is 0 Å². The van der Waals surface area contributed by atoms with Crippen LogP contribution in [0.2, 0.25) is 0 Å². The number of piperidine rings is 1. The Balaban J connectivity index is 1.49. The van der Waals surface area contributed by atoms with E-state index in [-0.39, 0.29) is 6.03 Å². The van der Waals surface area contributed by atoms with Gasteiger partial charge in [0.05, 0.1) is 17.2 Å². The van der Waals surface area contributed by atoms with Gasteiger partial charge in [0.25, 0.3) is 0 Å². The van der Waals surface area contributed by atoms with E-state index in [4.69, 9.17) is 0 Å². The standard InChI is InChI=1S/C15H24N4OS/c1-12-17-13(11-21-12)9-16-15(20)19-8-4-5-14(10-19)18-6-2-3-7-18/h11,14H,2-10H2,1H3,(H,16,20). The first-order valence-corrected chi connectivity index (χ1v) is 8.78. The van der Waals surface area contributed by atoms with Crippen molar-refractivity contribution in [2.24, 2.45) is 0 Å². The summed E-state index contributed by atoms with van der Waals surface area (Å²) in [7, 11) is 0. The van der Waals surface area contributed by atoms with E-state index in [0.717, 1.165) is 30.2 Å². The lowest BCUT2D eigenvalue weighted by atomic mass is 10.0. The van der Waals surface area contributed by atoms with Crippen molar-refractivity contribution in [1.82, 2.24) is 20.1 Å². The molecule has 3 heterocycles. The molecule has 1 aromatic rings. The summed E-state index contributed by atoms with van der Waals surface area (Å²) in [4.78, 5) is 21.2. The van der Waals surface area contributed by atoms with Crippen LogP contribution in [-0.4, -0.2) is 53.0 Å². The molecule has 5 nitrogen and oxygen atoms in total. The minimum Gasteiger partial charge on any atom is -0.332 e. The van der Waals surface area contributed by atoms with Crippen molar-refractivity contribution in [1.29, 1.82) is 0 Å². The number of amides is 2. The lowest BCUT2D eigenvalue weighted by molar-refractivity contribution is 0.125. The number of aryl methyl sites for hydroxylation is 1. The van der Waals surface area contributed by atoms with Crippen molar-refractivity contribution in [3.63, 3.8) is 0 Å². The zero-order chi connectivity index (χ0) is 14.7. The van der Waals surface area contributed by atoms with Gasteiger partial charge in [0.2, 0.25) is 0 Å². The third-order valence-electron chi connectivity index (χ3n) is 4.43. The van der Waals surface area contributed by atoms with E-state index in [2.05, 4.69) is 15.2 Å². The first-order chi connectivity index (χ1) is 10.2. The molecule has 21 heavy (non-hydrogen) atoms. The highest BCUT2D eigenvalue weighted by atomic mass is 32.1. The normalized spacial score (nSPS) is 23.5. The average molecular weight is 308 g/mol. The highest BCUT2D eigenvalue weighted by molar-refractivity contribution is 7.09. The number of hydrogen-bond acceptors (Lipinski definition) is 4. The first kappa shape index (κ1) is 14.8. The smallest absolute Gasteiger partial charge is 0.317 e.